The fourth-order valence-electron chi connectivity index (χ4n) is 4.96. The third-order valence-corrected chi connectivity index (χ3v) is 7.70. The van der Waals surface area contributed by atoms with E-state index in [0.717, 1.165) is 63.1 Å². The van der Waals surface area contributed by atoms with Gasteiger partial charge in [-0.2, -0.15) is 0 Å². The molecular weight excluding hydrogens is 372 g/mol. The molecule has 0 aromatic carbocycles. The molecule has 2 unspecified atom stereocenters. The number of ether oxygens (including phenoxy) is 2. The zero-order valence-corrected chi connectivity index (χ0v) is 17.3. The maximum absolute atomic E-state index is 5.72. The highest BCUT2D eigenvalue weighted by atomic mass is 32.1. The van der Waals surface area contributed by atoms with Gasteiger partial charge in [0.15, 0.2) is 0 Å². The summed E-state index contributed by atoms with van der Waals surface area (Å²) in [5, 5.41) is 5.02. The van der Waals surface area contributed by atoms with Crippen LogP contribution in [0.25, 0.3) is 10.2 Å². The van der Waals surface area contributed by atoms with Crippen molar-refractivity contribution in [1.29, 1.82) is 0 Å². The Hall–Kier alpha value is -1.28. The zero-order valence-electron chi connectivity index (χ0n) is 16.5. The summed E-state index contributed by atoms with van der Waals surface area (Å²) in [7, 11) is 0. The number of thiophene rings is 1. The monoisotopic (exact) mass is 402 g/mol. The van der Waals surface area contributed by atoms with Crippen LogP contribution < -0.4 is 5.32 Å². The molecule has 2 fully saturated rings. The third kappa shape index (κ3) is 3.77. The molecule has 152 valence electrons. The topological polar surface area (TPSA) is 59.5 Å². The van der Waals surface area contributed by atoms with Crippen molar-refractivity contribution >= 4 is 27.4 Å². The number of morpholine rings is 1. The average Bonchev–Trinajstić information content (AvgIpc) is 3.32. The van der Waals surface area contributed by atoms with E-state index in [1.54, 1.807) is 6.33 Å². The third-order valence-electron chi connectivity index (χ3n) is 6.50. The second-order valence-corrected chi connectivity index (χ2v) is 9.27. The number of nitrogens with one attached hydrogen (secondary N) is 1. The molecule has 7 heteroatoms. The first-order valence-electron chi connectivity index (χ1n) is 10.8. The Morgan fingerprint density at radius 3 is 2.86 bits per heavy atom. The normalized spacial score (nSPS) is 24.8. The Balaban J connectivity index is 1.39. The van der Waals surface area contributed by atoms with Gasteiger partial charge in [0.25, 0.3) is 0 Å². The van der Waals surface area contributed by atoms with Crippen LogP contribution in [0.3, 0.4) is 0 Å². The Morgan fingerprint density at radius 1 is 1.11 bits per heavy atom. The van der Waals surface area contributed by atoms with Gasteiger partial charge in [-0.25, -0.2) is 9.97 Å². The van der Waals surface area contributed by atoms with Crippen molar-refractivity contribution in [3.8, 4) is 0 Å². The smallest absolute Gasteiger partial charge is 0.138 e. The lowest BCUT2D eigenvalue weighted by molar-refractivity contribution is 0.00460. The molecule has 28 heavy (non-hydrogen) atoms. The van der Waals surface area contributed by atoms with Gasteiger partial charge in [0, 0.05) is 43.1 Å². The number of rotatable bonds is 5. The van der Waals surface area contributed by atoms with E-state index in [9.17, 15) is 0 Å². The molecule has 2 aromatic heterocycles. The second kappa shape index (κ2) is 8.61. The number of fused-ring (bicyclic) bond motifs is 3. The molecule has 1 aliphatic carbocycles. The van der Waals surface area contributed by atoms with Crippen LogP contribution in [0.4, 0.5) is 5.82 Å². The molecule has 0 radical (unpaired) electrons. The predicted octanol–water partition coefficient (Wildman–Crippen LogP) is 3.11. The summed E-state index contributed by atoms with van der Waals surface area (Å²) in [4.78, 5) is 14.5. The van der Waals surface area contributed by atoms with Crippen molar-refractivity contribution in [3.05, 3.63) is 16.8 Å². The van der Waals surface area contributed by atoms with Gasteiger partial charge >= 0.3 is 0 Å². The molecule has 0 saturated carbocycles. The van der Waals surface area contributed by atoms with E-state index in [0.29, 0.717) is 12.0 Å². The lowest BCUT2D eigenvalue weighted by Gasteiger charge is -2.37. The fourth-order valence-corrected chi connectivity index (χ4v) is 6.19. The van der Waals surface area contributed by atoms with Crippen molar-refractivity contribution in [2.75, 3.05) is 51.4 Å². The van der Waals surface area contributed by atoms with Crippen LogP contribution >= 0.6 is 11.3 Å². The standard InChI is InChI=1S/C21H30N4O2S/c1-2-4-16-18(5-3-1)28-21-19(16)20(23-14-24-21)22-12-17(15-6-9-27-13-15)25-7-10-26-11-8-25/h14-15,17H,1-13H2,(H,22,23,24). The van der Waals surface area contributed by atoms with Crippen molar-refractivity contribution in [1.82, 2.24) is 14.9 Å². The summed E-state index contributed by atoms with van der Waals surface area (Å²) >= 11 is 1.88. The molecule has 2 saturated heterocycles. The average molecular weight is 403 g/mol. The van der Waals surface area contributed by atoms with Crippen molar-refractivity contribution < 1.29 is 9.47 Å². The highest BCUT2D eigenvalue weighted by molar-refractivity contribution is 7.18. The number of nitrogens with zero attached hydrogens (tertiary/aromatic N) is 3. The molecule has 2 atom stereocenters. The lowest BCUT2D eigenvalue weighted by Crippen LogP contribution is -2.50. The number of hydrogen-bond donors (Lipinski definition) is 1. The predicted molar refractivity (Wildman–Crippen MR) is 112 cm³/mol. The first-order valence-corrected chi connectivity index (χ1v) is 11.6. The van der Waals surface area contributed by atoms with Crippen LogP contribution in [0.2, 0.25) is 0 Å². The summed E-state index contributed by atoms with van der Waals surface area (Å²) in [6.45, 7) is 6.36. The molecule has 5 rings (SSSR count). The quantitative estimate of drug-likeness (QED) is 0.776. The Labute approximate surface area is 170 Å². The first-order chi connectivity index (χ1) is 13.9. The molecule has 0 bridgehead atoms. The van der Waals surface area contributed by atoms with Gasteiger partial charge < -0.3 is 14.8 Å². The van der Waals surface area contributed by atoms with Gasteiger partial charge in [-0.05, 0) is 37.7 Å². The Morgan fingerprint density at radius 2 is 2.00 bits per heavy atom. The van der Waals surface area contributed by atoms with Crippen molar-refractivity contribution in [2.45, 2.75) is 44.6 Å². The minimum Gasteiger partial charge on any atom is -0.381 e. The van der Waals surface area contributed by atoms with Gasteiger partial charge in [0.2, 0.25) is 0 Å². The Kier molecular flexibility index (Phi) is 5.76. The minimum absolute atomic E-state index is 0.466. The SMILES string of the molecule is c1nc(NCC(C2CCOC2)N2CCOCC2)c2c3c(sc2n1)CCCCC3. The van der Waals surface area contributed by atoms with Gasteiger partial charge in [-0.1, -0.05) is 6.42 Å². The number of aromatic nitrogens is 2. The van der Waals surface area contributed by atoms with Crippen molar-refractivity contribution in [2.24, 2.45) is 5.92 Å². The van der Waals surface area contributed by atoms with E-state index >= 15 is 0 Å². The maximum Gasteiger partial charge on any atom is 0.138 e. The van der Waals surface area contributed by atoms with Crippen LogP contribution in [0.1, 0.15) is 36.1 Å². The molecule has 0 spiro atoms. The Bertz CT molecular complexity index is 799. The van der Waals surface area contributed by atoms with Crippen LogP contribution in [0, 0.1) is 5.92 Å². The van der Waals surface area contributed by atoms with E-state index in [2.05, 4.69) is 20.2 Å². The second-order valence-electron chi connectivity index (χ2n) is 8.19. The van der Waals surface area contributed by atoms with Gasteiger partial charge in [-0.3, -0.25) is 4.90 Å². The van der Waals surface area contributed by atoms with Crippen LogP contribution in [0.15, 0.2) is 6.33 Å². The van der Waals surface area contributed by atoms with Gasteiger partial charge in [0.1, 0.15) is 17.0 Å². The number of anilines is 1. The number of aryl methyl sites for hydroxylation is 2. The van der Waals surface area contributed by atoms with Crippen LogP contribution in [-0.4, -0.2) is 67.0 Å². The first kappa shape index (κ1) is 18.7. The van der Waals surface area contributed by atoms with E-state index in [-0.39, 0.29) is 0 Å². The minimum atomic E-state index is 0.466. The number of hydrogen-bond acceptors (Lipinski definition) is 7. The summed E-state index contributed by atoms with van der Waals surface area (Å²) in [6, 6.07) is 0.466. The van der Waals surface area contributed by atoms with Crippen LogP contribution in [0.5, 0.6) is 0 Å². The summed E-state index contributed by atoms with van der Waals surface area (Å²) in [5.41, 5.74) is 1.51. The highest BCUT2D eigenvalue weighted by Gasteiger charge is 2.31. The van der Waals surface area contributed by atoms with Crippen LogP contribution in [-0.2, 0) is 22.3 Å². The molecule has 3 aliphatic rings. The largest absolute Gasteiger partial charge is 0.381 e. The lowest BCUT2D eigenvalue weighted by atomic mass is 9.96. The van der Waals surface area contributed by atoms with E-state index in [4.69, 9.17) is 9.47 Å². The summed E-state index contributed by atoms with van der Waals surface area (Å²) in [5.74, 6) is 1.61. The highest BCUT2D eigenvalue weighted by Crippen LogP contribution is 2.37. The van der Waals surface area contributed by atoms with E-state index in [1.165, 1.54) is 47.9 Å². The molecule has 1 N–H and O–H groups in total. The zero-order chi connectivity index (χ0) is 18.8. The van der Waals surface area contributed by atoms with Crippen molar-refractivity contribution in [3.63, 3.8) is 0 Å². The van der Waals surface area contributed by atoms with Gasteiger partial charge in [-0.15, -0.1) is 11.3 Å². The fraction of sp³-hybridized carbons (Fsp3) is 0.714. The summed E-state index contributed by atoms with van der Waals surface area (Å²) in [6.07, 6.45) is 9.16. The molecule has 2 aromatic rings. The molecular formula is C21H30N4O2S. The molecule has 4 heterocycles. The molecule has 6 nitrogen and oxygen atoms in total. The maximum atomic E-state index is 5.72. The van der Waals surface area contributed by atoms with E-state index in [1.807, 2.05) is 11.3 Å². The molecule has 0 amide bonds. The van der Waals surface area contributed by atoms with E-state index < -0.39 is 0 Å². The molecule has 2 aliphatic heterocycles. The van der Waals surface area contributed by atoms with Gasteiger partial charge in [0.05, 0.1) is 25.2 Å². The summed E-state index contributed by atoms with van der Waals surface area (Å²) < 4.78 is 11.3.